The molecule has 0 aliphatic heterocycles. The van der Waals surface area contributed by atoms with Crippen molar-refractivity contribution in [2.75, 3.05) is 30.8 Å². The monoisotopic (exact) mass is 264 g/mol. The highest BCUT2D eigenvalue weighted by molar-refractivity contribution is 5.46. The molecule has 0 spiro atoms. The standard InChI is InChI=1S/C14H24N4O/c1-11-8-16-13(15-2)18-12(11)17-9-14(10-19)6-4-3-5-7-14/h8,19H,3-7,9-10H2,1-2H3,(H2,15,16,17,18). The quantitative estimate of drug-likeness (QED) is 0.760. The largest absolute Gasteiger partial charge is 0.396 e. The van der Waals surface area contributed by atoms with Crippen LogP contribution in [0.2, 0.25) is 0 Å². The summed E-state index contributed by atoms with van der Waals surface area (Å²) in [5.74, 6) is 1.48. The van der Waals surface area contributed by atoms with Gasteiger partial charge in [-0.15, -0.1) is 0 Å². The molecule has 0 atom stereocenters. The van der Waals surface area contributed by atoms with E-state index < -0.39 is 0 Å². The molecule has 0 aromatic carbocycles. The molecule has 1 saturated carbocycles. The first-order valence-corrected chi connectivity index (χ1v) is 7.05. The molecule has 5 nitrogen and oxygen atoms in total. The third-order valence-corrected chi connectivity index (χ3v) is 4.08. The number of rotatable bonds is 5. The number of anilines is 2. The van der Waals surface area contributed by atoms with Gasteiger partial charge in [-0.2, -0.15) is 4.98 Å². The second-order valence-corrected chi connectivity index (χ2v) is 5.55. The second-order valence-electron chi connectivity index (χ2n) is 5.55. The predicted molar refractivity (Wildman–Crippen MR) is 77.4 cm³/mol. The molecule has 1 fully saturated rings. The summed E-state index contributed by atoms with van der Waals surface area (Å²) in [6.07, 6.45) is 7.73. The van der Waals surface area contributed by atoms with Crippen LogP contribution in [-0.2, 0) is 0 Å². The van der Waals surface area contributed by atoms with Crippen LogP contribution in [0.25, 0.3) is 0 Å². The van der Waals surface area contributed by atoms with Gasteiger partial charge in [-0.3, -0.25) is 0 Å². The summed E-state index contributed by atoms with van der Waals surface area (Å²) in [4.78, 5) is 8.60. The Morgan fingerprint density at radius 3 is 2.68 bits per heavy atom. The van der Waals surface area contributed by atoms with E-state index in [4.69, 9.17) is 0 Å². The molecule has 1 aliphatic rings. The maximum absolute atomic E-state index is 9.70. The van der Waals surface area contributed by atoms with E-state index in [1.165, 1.54) is 19.3 Å². The van der Waals surface area contributed by atoms with Crippen LogP contribution in [0.1, 0.15) is 37.7 Å². The summed E-state index contributed by atoms with van der Waals surface area (Å²) in [5, 5.41) is 16.0. The van der Waals surface area contributed by atoms with Crippen molar-refractivity contribution in [1.29, 1.82) is 0 Å². The van der Waals surface area contributed by atoms with Crippen molar-refractivity contribution in [2.45, 2.75) is 39.0 Å². The van der Waals surface area contributed by atoms with Crippen LogP contribution in [0, 0.1) is 12.3 Å². The van der Waals surface area contributed by atoms with E-state index in [9.17, 15) is 5.11 Å². The topological polar surface area (TPSA) is 70.1 Å². The molecule has 0 amide bonds. The average Bonchev–Trinajstić information content (AvgIpc) is 2.47. The molecule has 1 aliphatic carbocycles. The number of aliphatic hydroxyl groups is 1. The van der Waals surface area contributed by atoms with E-state index in [0.29, 0.717) is 5.95 Å². The number of aliphatic hydroxyl groups excluding tert-OH is 1. The summed E-state index contributed by atoms with van der Waals surface area (Å²) >= 11 is 0. The highest BCUT2D eigenvalue weighted by atomic mass is 16.3. The molecule has 106 valence electrons. The Bertz CT molecular complexity index is 416. The zero-order valence-corrected chi connectivity index (χ0v) is 11.9. The van der Waals surface area contributed by atoms with Gasteiger partial charge in [0, 0.05) is 30.8 Å². The minimum Gasteiger partial charge on any atom is -0.396 e. The van der Waals surface area contributed by atoms with Crippen molar-refractivity contribution in [3.05, 3.63) is 11.8 Å². The molecule has 0 radical (unpaired) electrons. The fourth-order valence-corrected chi connectivity index (χ4v) is 2.71. The fourth-order valence-electron chi connectivity index (χ4n) is 2.71. The zero-order valence-electron chi connectivity index (χ0n) is 11.9. The van der Waals surface area contributed by atoms with Crippen molar-refractivity contribution >= 4 is 11.8 Å². The van der Waals surface area contributed by atoms with E-state index in [1.54, 1.807) is 0 Å². The molecular weight excluding hydrogens is 240 g/mol. The lowest BCUT2D eigenvalue weighted by atomic mass is 9.74. The minimum atomic E-state index is 0.0233. The van der Waals surface area contributed by atoms with Crippen molar-refractivity contribution in [3.8, 4) is 0 Å². The molecule has 1 heterocycles. The lowest BCUT2D eigenvalue weighted by Gasteiger charge is -2.36. The Morgan fingerprint density at radius 2 is 2.05 bits per heavy atom. The number of nitrogens with zero attached hydrogens (tertiary/aromatic N) is 2. The second kappa shape index (κ2) is 6.19. The van der Waals surface area contributed by atoms with E-state index in [-0.39, 0.29) is 12.0 Å². The molecule has 19 heavy (non-hydrogen) atoms. The van der Waals surface area contributed by atoms with Crippen molar-refractivity contribution in [3.63, 3.8) is 0 Å². The molecule has 1 aromatic rings. The van der Waals surface area contributed by atoms with Crippen molar-refractivity contribution in [1.82, 2.24) is 9.97 Å². The first-order valence-electron chi connectivity index (χ1n) is 7.05. The van der Waals surface area contributed by atoms with Gasteiger partial charge in [-0.1, -0.05) is 19.3 Å². The first kappa shape index (κ1) is 14.1. The molecule has 0 saturated heterocycles. The summed E-state index contributed by atoms with van der Waals surface area (Å²) in [6, 6.07) is 0. The van der Waals surface area contributed by atoms with Crippen LogP contribution in [0.15, 0.2) is 6.20 Å². The Hall–Kier alpha value is -1.36. The Labute approximate surface area is 114 Å². The minimum absolute atomic E-state index is 0.0233. The lowest BCUT2D eigenvalue weighted by Crippen LogP contribution is -2.35. The van der Waals surface area contributed by atoms with Gasteiger partial charge >= 0.3 is 0 Å². The zero-order chi connectivity index (χ0) is 13.7. The number of aryl methyl sites for hydroxylation is 1. The van der Waals surface area contributed by atoms with Crippen LogP contribution < -0.4 is 10.6 Å². The van der Waals surface area contributed by atoms with Gasteiger partial charge in [-0.25, -0.2) is 4.98 Å². The summed E-state index contributed by atoms with van der Waals surface area (Å²) in [7, 11) is 1.81. The molecule has 5 heteroatoms. The summed E-state index contributed by atoms with van der Waals surface area (Å²) in [6.45, 7) is 3.03. The van der Waals surface area contributed by atoms with E-state index >= 15 is 0 Å². The van der Waals surface area contributed by atoms with Gasteiger partial charge < -0.3 is 15.7 Å². The molecule has 2 rings (SSSR count). The van der Waals surface area contributed by atoms with Crippen LogP contribution in [0.3, 0.4) is 0 Å². The Kier molecular flexibility index (Phi) is 4.58. The average molecular weight is 264 g/mol. The molecular formula is C14H24N4O. The van der Waals surface area contributed by atoms with E-state index in [0.717, 1.165) is 30.8 Å². The van der Waals surface area contributed by atoms with E-state index in [2.05, 4.69) is 20.6 Å². The third kappa shape index (κ3) is 3.35. The molecule has 3 N–H and O–H groups in total. The van der Waals surface area contributed by atoms with Gasteiger partial charge in [-0.05, 0) is 19.8 Å². The van der Waals surface area contributed by atoms with Crippen LogP contribution in [0.5, 0.6) is 0 Å². The van der Waals surface area contributed by atoms with Gasteiger partial charge in [0.15, 0.2) is 0 Å². The first-order chi connectivity index (χ1) is 9.19. The van der Waals surface area contributed by atoms with Gasteiger partial charge in [0.1, 0.15) is 5.82 Å². The Morgan fingerprint density at radius 1 is 1.32 bits per heavy atom. The van der Waals surface area contributed by atoms with Gasteiger partial charge in [0.25, 0.3) is 0 Å². The lowest BCUT2D eigenvalue weighted by molar-refractivity contribution is 0.0943. The predicted octanol–water partition coefficient (Wildman–Crippen LogP) is 2.18. The highest BCUT2D eigenvalue weighted by Crippen LogP contribution is 2.36. The number of hydrogen-bond donors (Lipinski definition) is 3. The Balaban J connectivity index is 2.04. The SMILES string of the molecule is CNc1ncc(C)c(NCC2(CO)CCCCC2)n1. The van der Waals surface area contributed by atoms with Gasteiger partial charge in [0.05, 0.1) is 6.61 Å². The fraction of sp³-hybridized carbons (Fsp3) is 0.714. The summed E-state index contributed by atoms with van der Waals surface area (Å²) in [5.41, 5.74) is 1.05. The smallest absolute Gasteiger partial charge is 0.224 e. The summed E-state index contributed by atoms with van der Waals surface area (Å²) < 4.78 is 0. The third-order valence-electron chi connectivity index (χ3n) is 4.08. The van der Waals surface area contributed by atoms with Crippen LogP contribution >= 0.6 is 0 Å². The molecule has 1 aromatic heterocycles. The van der Waals surface area contributed by atoms with Crippen molar-refractivity contribution < 1.29 is 5.11 Å². The van der Waals surface area contributed by atoms with E-state index in [1.807, 2.05) is 20.2 Å². The maximum Gasteiger partial charge on any atom is 0.224 e. The van der Waals surface area contributed by atoms with Crippen LogP contribution in [-0.4, -0.2) is 35.3 Å². The van der Waals surface area contributed by atoms with Gasteiger partial charge in [0.2, 0.25) is 5.95 Å². The molecule has 0 bridgehead atoms. The normalized spacial score (nSPS) is 18.1. The van der Waals surface area contributed by atoms with Crippen molar-refractivity contribution in [2.24, 2.45) is 5.41 Å². The maximum atomic E-state index is 9.70. The number of aromatic nitrogens is 2. The highest BCUT2D eigenvalue weighted by Gasteiger charge is 2.31. The van der Waals surface area contributed by atoms with Crippen LogP contribution in [0.4, 0.5) is 11.8 Å². The number of nitrogens with one attached hydrogen (secondary N) is 2. The molecule has 0 unspecified atom stereocenters. The number of hydrogen-bond acceptors (Lipinski definition) is 5.